The van der Waals surface area contributed by atoms with Crippen molar-refractivity contribution < 1.29 is 42.6 Å². The number of rotatable bonds is 21. The fourth-order valence-corrected chi connectivity index (χ4v) is 8.08. The number of nitrogens with one attached hydrogen (secondary N) is 2. The van der Waals surface area contributed by atoms with Gasteiger partial charge in [-0.1, -0.05) is 53.0 Å². The SMILES string of the molecule is C=CCOC(=O)Nc1noc(C(CSCc2c(O[Si](C)(C)C(C)(C)C(C)C)cc(OC)c(C)c2C(=O)OCC=C)NC(=O)CCCCO)n1. The average molecular weight is 721 g/mol. The summed E-state index contributed by atoms with van der Waals surface area (Å²) < 4.78 is 28.5. The molecule has 0 spiro atoms. The number of hydrogen-bond acceptors (Lipinski definition) is 12. The minimum atomic E-state index is -2.46. The molecule has 1 aromatic heterocycles. The van der Waals surface area contributed by atoms with Crippen LogP contribution in [-0.2, 0) is 20.0 Å². The van der Waals surface area contributed by atoms with Crippen LogP contribution in [0.15, 0.2) is 35.9 Å². The maximum Gasteiger partial charge on any atom is 0.414 e. The van der Waals surface area contributed by atoms with Crippen molar-refractivity contribution in [1.82, 2.24) is 15.5 Å². The Morgan fingerprint density at radius 1 is 1.12 bits per heavy atom. The van der Waals surface area contributed by atoms with E-state index in [0.717, 1.165) is 0 Å². The van der Waals surface area contributed by atoms with Crippen LogP contribution in [0.2, 0.25) is 18.1 Å². The second-order valence-electron chi connectivity index (χ2n) is 12.7. The third kappa shape index (κ3) is 11.6. The summed E-state index contributed by atoms with van der Waals surface area (Å²) in [5.41, 5.74) is 1.57. The van der Waals surface area contributed by atoms with Crippen LogP contribution in [0.3, 0.4) is 0 Å². The first-order valence-corrected chi connectivity index (χ1v) is 20.2. The zero-order chi connectivity index (χ0) is 36.8. The number of hydrogen-bond donors (Lipinski definition) is 3. The third-order valence-corrected chi connectivity index (χ3v) is 14.2. The molecule has 0 saturated heterocycles. The summed E-state index contributed by atoms with van der Waals surface area (Å²) in [5.74, 6) is 0.987. The van der Waals surface area contributed by atoms with Gasteiger partial charge < -0.3 is 33.6 Å². The predicted molar refractivity (Wildman–Crippen MR) is 193 cm³/mol. The normalized spacial score (nSPS) is 12.2. The van der Waals surface area contributed by atoms with E-state index in [0.29, 0.717) is 46.9 Å². The van der Waals surface area contributed by atoms with Gasteiger partial charge in [0.2, 0.25) is 5.91 Å². The first-order chi connectivity index (χ1) is 23.1. The molecule has 0 aliphatic heterocycles. The van der Waals surface area contributed by atoms with E-state index >= 15 is 0 Å². The Morgan fingerprint density at radius 3 is 2.41 bits per heavy atom. The number of nitrogens with zero attached hydrogens (tertiary/aromatic N) is 2. The molecule has 0 aliphatic rings. The van der Waals surface area contributed by atoms with Crippen LogP contribution in [0.1, 0.15) is 80.4 Å². The maximum atomic E-state index is 13.5. The number of aliphatic hydroxyl groups is 1. The molecule has 0 aliphatic carbocycles. The number of benzene rings is 1. The molecule has 0 bridgehead atoms. The van der Waals surface area contributed by atoms with E-state index in [1.807, 2.05) is 6.07 Å². The smallest absolute Gasteiger partial charge is 0.414 e. The number of aliphatic hydroxyl groups excluding tert-OH is 1. The topological polar surface area (TPSA) is 171 Å². The third-order valence-electron chi connectivity index (χ3n) is 8.69. The molecule has 0 radical (unpaired) electrons. The fraction of sp³-hybridized carbons (Fsp3) is 0.559. The van der Waals surface area contributed by atoms with Gasteiger partial charge in [-0.2, -0.15) is 16.7 Å². The molecule has 0 fully saturated rings. The van der Waals surface area contributed by atoms with E-state index in [9.17, 15) is 14.4 Å². The number of carbonyl (C=O) groups is 3. The first kappa shape index (κ1) is 41.3. The van der Waals surface area contributed by atoms with Crippen molar-refractivity contribution in [3.05, 3.63) is 54.0 Å². The predicted octanol–water partition coefficient (Wildman–Crippen LogP) is 6.74. The van der Waals surface area contributed by atoms with Gasteiger partial charge in [0, 0.05) is 41.7 Å². The number of ether oxygens (including phenoxy) is 3. The second-order valence-corrected chi connectivity index (χ2v) is 18.3. The van der Waals surface area contributed by atoms with Crippen molar-refractivity contribution in [2.45, 2.75) is 83.8 Å². The lowest BCUT2D eigenvalue weighted by Gasteiger charge is -2.43. The van der Waals surface area contributed by atoms with Gasteiger partial charge in [0.25, 0.3) is 20.2 Å². The number of methoxy groups -OCH3 is 1. The van der Waals surface area contributed by atoms with Crippen LogP contribution in [0, 0.1) is 12.8 Å². The standard InChI is InChI=1S/C34H52N4O9SSi/c1-11-17-44-31(41)29-23(5)26(43-8)19-27(47-49(9,10)34(6,7)22(3)4)24(29)20-48-21-25(35-28(40)15-13-14-16-39)30-36-32(38-46-30)37-33(42)45-18-12-2/h11-12,19,22,25,39H,1-2,13-18,20-21H2,3-10H3,(H,35,40)(H,37,38,42). The number of anilines is 1. The summed E-state index contributed by atoms with van der Waals surface area (Å²) in [4.78, 5) is 42.7. The van der Waals surface area contributed by atoms with Crippen LogP contribution in [-0.4, -0.2) is 74.2 Å². The maximum absolute atomic E-state index is 13.5. The Labute approximate surface area is 294 Å². The van der Waals surface area contributed by atoms with Crippen molar-refractivity contribution in [1.29, 1.82) is 0 Å². The van der Waals surface area contributed by atoms with Crippen LogP contribution in [0.25, 0.3) is 0 Å². The monoisotopic (exact) mass is 720 g/mol. The molecule has 13 nitrogen and oxygen atoms in total. The molecule has 15 heteroatoms. The minimum absolute atomic E-state index is 0.00595. The average Bonchev–Trinajstić information content (AvgIpc) is 3.51. The summed E-state index contributed by atoms with van der Waals surface area (Å²) in [6, 6.07) is 1.06. The summed E-state index contributed by atoms with van der Waals surface area (Å²) in [6.45, 7) is 22.0. The molecule has 1 heterocycles. The molecular weight excluding hydrogens is 669 g/mol. The lowest BCUT2D eigenvalue weighted by Crippen LogP contribution is -2.48. The van der Waals surface area contributed by atoms with Crippen LogP contribution in [0.5, 0.6) is 11.5 Å². The highest BCUT2D eigenvalue weighted by Crippen LogP contribution is 2.47. The number of amides is 2. The summed E-state index contributed by atoms with van der Waals surface area (Å²) in [7, 11) is -0.923. The Hall–Kier alpha value is -3.82. The van der Waals surface area contributed by atoms with E-state index in [2.05, 4.69) is 74.7 Å². The van der Waals surface area contributed by atoms with Crippen molar-refractivity contribution in [2.75, 3.05) is 38.0 Å². The fourth-order valence-electron chi connectivity index (χ4n) is 4.63. The highest BCUT2D eigenvalue weighted by atomic mass is 32.2. The second kappa shape index (κ2) is 19.4. The molecule has 1 aromatic carbocycles. The number of carbonyl (C=O) groups excluding carboxylic acids is 3. The number of esters is 1. The summed E-state index contributed by atoms with van der Waals surface area (Å²) >= 11 is 1.41. The molecule has 2 aromatic rings. The highest BCUT2D eigenvalue weighted by Gasteiger charge is 2.45. The van der Waals surface area contributed by atoms with Crippen LogP contribution in [0.4, 0.5) is 10.7 Å². The minimum Gasteiger partial charge on any atom is -0.543 e. The number of aromatic nitrogens is 2. The van der Waals surface area contributed by atoms with Gasteiger partial charge in [-0.3, -0.25) is 10.1 Å². The Morgan fingerprint density at radius 2 is 1.80 bits per heavy atom. The van der Waals surface area contributed by atoms with E-state index in [-0.39, 0.29) is 60.5 Å². The molecule has 2 amide bonds. The lowest BCUT2D eigenvalue weighted by atomic mass is 9.99. The highest BCUT2D eigenvalue weighted by molar-refractivity contribution is 7.98. The van der Waals surface area contributed by atoms with Crippen molar-refractivity contribution in [3.8, 4) is 11.5 Å². The molecule has 49 heavy (non-hydrogen) atoms. The van der Waals surface area contributed by atoms with E-state index in [4.69, 9.17) is 28.3 Å². The number of unbranched alkanes of at least 4 members (excludes halogenated alkanes) is 1. The summed E-state index contributed by atoms with van der Waals surface area (Å²) in [5, 5.41) is 18.1. The molecule has 272 valence electrons. The van der Waals surface area contributed by atoms with Crippen molar-refractivity contribution in [2.24, 2.45) is 5.92 Å². The van der Waals surface area contributed by atoms with Gasteiger partial charge in [-0.05, 0) is 49.0 Å². The Balaban J connectivity index is 2.52. The largest absolute Gasteiger partial charge is 0.543 e. The Bertz CT molecular complexity index is 1440. The number of thioether (sulfide) groups is 1. The van der Waals surface area contributed by atoms with Crippen LogP contribution >= 0.6 is 11.8 Å². The van der Waals surface area contributed by atoms with Gasteiger partial charge in [-0.15, -0.1) is 0 Å². The molecule has 1 unspecified atom stereocenters. The van der Waals surface area contributed by atoms with Crippen molar-refractivity contribution >= 4 is 44.0 Å². The van der Waals surface area contributed by atoms with E-state index < -0.39 is 26.4 Å². The van der Waals surface area contributed by atoms with Gasteiger partial charge in [0.1, 0.15) is 30.8 Å². The molecular formula is C34H52N4O9SSi. The van der Waals surface area contributed by atoms with Gasteiger partial charge >= 0.3 is 12.1 Å². The lowest BCUT2D eigenvalue weighted by molar-refractivity contribution is -0.122. The molecule has 1 atom stereocenters. The Kier molecular flexibility index (Phi) is 16.4. The van der Waals surface area contributed by atoms with Gasteiger partial charge in [0.15, 0.2) is 0 Å². The molecule has 3 N–H and O–H groups in total. The zero-order valence-electron chi connectivity index (χ0n) is 30.0. The molecule has 2 rings (SSSR count). The molecule has 0 saturated carbocycles. The van der Waals surface area contributed by atoms with Gasteiger partial charge in [0.05, 0.1) is 12.7 Å². The first-order valence-electron chi connectivity index (χ1n) is 16.2. The quantitative estimate of drug-likeness (QED) is 0.0538. The van der Waals surface area contributed by atoms with Gasteiger partial charge in [-0.25, -0.2) is 9.59 Å². The van der Waals surface area contributed by atoms with E-state index in [1.165, 1.54) is 23.9 Å². The van der Waals surface area contributed by atoms with Crippen LogP contribution < -0.4 is 19.8 Å². The van der Waals surface area contributed by atoms with E-state index in [1.54, 1.807) is 14.0 Å². The summed E-state index contributed by atoms with van der Waals surface area (Å²) in [6.07, 6.45) is 3.27. The zero-order valence-corrected chi connectivity index (χ0v) is 31.8. The van der Waals surface area contributed by atoms with Crippen molar-refractivity contribution in [3.63, 3.8) is 0 Å².